The highest BCUT2D eigenvalue weighted by Crippen LogP contribution is 2.33. The van der Waals surface area contributed by atoms with E-state index in [1.165, 1.54) is 18.2 Å². The molecule has 0 aliphatic heterocycles. The summed E-state index contributed by atoms with van der Waals surface area (Å²) in [6, 6.07) is 4.22. The molecule has 0 aliphatic carbocycles. The fourth-order valence-corrected chi connectivity index (χ4v) is 1.65. The van der Waals surface area contributed by atoms with Crippen LogP contribution in [-0.2, 0) is 4.79 Å². The molecule has 7 heteroatoms. The van der Waals surface area contributed by atoms with Crippen LogP contribution in [0.4, 0.5) is 0 Å². The fraction of sp³-hybridized carbons (Fsp3) is 0.231. The maximum atomic E-state index is 11.6. The Bertz CT molecular complexity index is 702. The summed E-state index contributed by atoms with van der Waals surface area (Å²) < 4.78 is 15.0. The molecule has 106 valence electrons. The van der Waals surface area contributed by atoms with Gasteiger partial charge in [-0.25, -0.2) is 9.59 Å². The van der Waals surface area contributed by atoms with Gasteiger partial charge in [0.2, 0.25) is 5.75 Å². The number of ether oxygens (including phenoxy) is 2. The monoisotopic (exact) mass is 280 g/mol. The van der Waals surface area contributed by atoms with E-state index in [1.807, 2.05) is 0 Å². The Kier molecular flexibility index (Phi) is 3.79. The molecule has 2 aromatic rings. The normalized spacial score (nSPS) is 10.4. The number of hydrogen-bond donors (Lipinski definition) is 2. The molecule has 0 saturated heterocycles. The maximum Gasteiger partial charge on any atom is 0.383 e. The van der Waals surface area contributed by atoms with Crippen molar-refractivity contribution in [1.29, 1.82) is 0 Å². The molecular formula is C13H12O7. The average molecular weight is 280 g/mol. The van der Waals surface area contributed by atoms with Gasteiger partial charge in [0, 0.05) is 0 Å². The summed E-state index contributed by atoms with van der Waals surface area (Å²) in [7, 11) is 0. The number of rotatable bonds is 5. The van der Waals surface area contributed by atoms with E-state index in [0.717, 1.165) is 0 Å². The number of aromatic hydroxyl groups is 1. The fourth-order valence-electron chi connectivity index (χ4n) is 1.65. The van der Waals surface area contributed by atoms with Gasteiger partial charge < -0.3 is 24.1 Å². The van der Waals surface area contributed by atoms with Gasteiger partial charge in [-0.3, -0.25) is 0 Å². The molecule has 1 heterocycles. The molecule has 0 radical (unpaired) electrons. The first-order chi connectivity index (χ1) is 9.52. The number of carboxylic acid groups (broad SMARTS) is 1. The zero-order valence-electron chi connectivity index (χ0n) is 10.6. The first kappa shape index (κ1) is 13.7. The van der Waals surface area contributed by atoms with Crippen molar-refractivity contribution in [3.63, 3.8) is 0 Å². The molecule has 7 nitrogen and oxygen atoms in total. The molecule has 0 bridgehead atoms. The van der Waals surface area contributed by atoms with E-state index >= 15 is 0 Å². The lowest BCUT2D eigenvalue weighted by atomic mass is 10.2. The van der Waals surface area contributed by atoms with Gasteiger partial charge in [-0.15, -0.1) is 0 Å². The quantitative estimate of drug-likeness (QED) is 0.796. The van der Waals surface area contributed by atoms with E-state index < -0.39 is 18.2 Å². The van der Waals surface area contributed by atoms with Crippen LogP contribution in [0.2, 0.25) is 0 Å². The van der Waals surface area contributed by atoms with Gasteiger partial charge in [-0.05, 0) is 25.1 Å². The van der Waals surface area contributed by atoms with Crippen LogP contribution in [-0.4, -0.2) is 29.4 Å². The molecule has 20 heavy (non-hydrogen) atoms. The lowest BCUT2D eigenvalue weighted by Gasteiger charge is -2.08. The van der Waals surface area contributed by atoms with Crippen LogP contribution in [0.15, 0.2) is 27.4 Å². The van der Waals surface area contributed by atoms with Gasteiger partial charge in [0.1, 0.15) is 11.3 Å². The second kappa shape index (κ2) is 5.52. The van der Waals surface area contributed by atoms with Crippen LogP contribution < -0.4 is 15.1 Å². The van der Waals surface area contributed by atoms with Crippen molar-refractivity contribution in [2.24, 2.45) is 0 Å². The molecule has 0 unspecified atom stereocenters. The van der Waals surface area contributed by atoms with E-state index in [9.17, 15) is 14.7 Å². The second-order valence-corrected chi connectivity index (χ2v) is 3.84. The van der Waals surface area contributed by atoms with Gasteiger partial charge in [0.25, 0.3) is 0 Å². The Labute approximate surface area is 113 Å². The number of fused-ring (bicyclic) bond motifs is 1. The van der Waals surface area contributed by atoms with E-state index in [0.29, 0.717) is 0 Å². The SMILES string of the molecule is CCOc1c(O)c2cc(OCC(=O)O)ccc2oc1=O. The van der Waals surface area contributed by atoms with Crippen molar-refractivity contribution < 1.29 is 28.9 Å². The van der Waals surface area contributed by atoms with Crippen LogP contribution in [0, 0.1) is 0 Å². The first-order valence-electron chi connectivity index (χ1n) is 5.80. The minimum atomic E-state index is -1.12. The highest BCUT2D eigenvalue weighted by atomic mass is 16.5. The standard InChI is InChI=1S/C13H12O7/c1-2-18-12-11(16)8-5-7(19-6-10(14)15)3-4-9(8)20-13(12)17/h3-5,16H,2,6H2,1H3,(H,14,15). The van der Waals surface area contributed by atoms with Gasteiger partial charge in [0.15, 0.2) is 12.4 Å². The van der Waals surface area contributed by atoms with Gasteiger partial charge in [-0.1, -0.05) is 0 Å². The Morgan fingerprint density at radius 2 is 2.10 bits per heavy atom. The Morgan fingerprint density at radius 3 is 2.75 bits per heavy atom. The largest absolute Gasteiger partial charge is 0.504 e. The van der Waals surface area contributed by atoms with Crippen molar-refractivity contribution in [2.45, 2.75) is 6.92 Å². The summed E-state index contributed by atoms with van der Waals surface area (Å²) in [5.74, 6) is -1.54. The van der Waals surface area contributed by atoms with Gasteiger partial charge in [-0.2, -0.15) is 0 Å². The van der Waals surface area contributed by atoms with Crippen LogP contribution in [0.25, 0.3) is 11.0 Å². The predicted octanol–water partition coefficient (Wildman–Crippen LogP) is 1.36. The molecular weight excluding hydrogens is 268 g/mol. The van der Waals surface area contributed by atoms with E-state index in [4.69, 9.17) is 19.0 Å². The highest BCUT2D eigenvalue weighted by Gasteiger charge is 2.15. The molecule has 0 spiro atoms. The molecule has 0 aliphatic rings. The van der Waals surface area contributed by atoms with E-state index in [2.05, 4.69) is 0 Å². The zero-order chi connectivity index (χ0) is 14.7. The summed E-state index contributed by atoms with van der Waals surface area (Å²) >= 11 is 0. The third-order valence-electron chi connectivity index (χ3n) is 2.46. The average Bonchev–Trinajstić information content (AvgIpc) is 2.41. The van der Waals surface area contributed by atoms with E-state index in [-0.39, 0.29) is 34.8 Å². The third-order valence-corrected chi connectivity index (χ3v) is 2.46. The topological polar surface area (TPSA) is 106 Å². The molecule has 0 saturated carbocycles. The molecule has 2 rings (SSSR count). The minimum absolute atomic E-state index is 0.152. The van der Waals surface area contributed by atoms with Crippen molar-refractivity contribution in [3.05, 3.63) is 28.6 Å². The second-order valence-electron chi connectivity index (χ2n) is 3.84. The molecule has 0 atom stereocenters. The van der Waals surface area contributed by atoms with Crippen LogP contribution in [0.5, 0.6) is 17.2 Å². The lowest BCUT2D eigenvalue weighted by molar-refractivity contribution is -0.139. The summed E-state index contributed by atoms with van der Waals surface area (Å²) in [4.78, 5) is 22.0. The smallest absolute Gasteiger partial charge is 0.383 e. The number of carboxylic acids is 1. The Hall–Kier alpha value is -2.70. The third kappa shape index (κ3) is 2.66. The predicted molar refractivity (Wildman–Crippen MR) is 68.4 cm³/mol. The maximum absolute atomic E-state index is 11.6. The van der Waals surface area contributed by atoms with Crippen LogP contribution in [0.1, 0.15) is 6.92 Å². The zero-order valence-corrected chi connectivity index (χ0v) is 10.6. The van der Waals surface area contributed by atoms with Crippen molar-refractivity contribution in [1.82, 2.24) is 0 Å². The summed E-state index contributed by atoms with van der Waals surface area (Å²) in [6.45, 7) is 1.34. The van der Waals surface area contributed by atoms with Crippen molar-refractivity contribution in [3.8, 4) is 17.2 Å². The number of benzene rings is 1. The van der Waals surface area contributed by atoms with Crippen LogP contribution >= 0.6 is 0 Å². The van der Waals surface area contributed by atoms with Crippen molar-refractivity contribution in [2.75, 3.05) is 13.2 Å². The molecule has 0 amide bonds. The number of carbonyl (C=O) groups is 1. The molecule has 2 N–H and O–H groups in total. The lowest BCUT2D eigenvalue weighted by Crippen LogP contribution is -2.09. The Morgan fingerprint density at radius 1 is 1.35 bits per heavy atom. The highest BCUT2D eigenvalue weighted by molar-refractivity contribution is 5.86. The number of hydrogen-bond acceptors (Lipinski definition) is 6. The molecule has 1 aromatic heterocycles. The first-order valence-corrected chi connectivity index (χ1v) is 5.80. The van der Waals surface area contributed by atoms with E-state index in [1.54, 1.807) is 6.92 Å². The van der Waals surface area contributed by atoms with Crippen molar-refractivity contribution >= 4 is 16.9 Å². The molecule has 1 aromatic carbocycles. The van der Waals surface area contributed by atoms with Gasteiger partial charge >= 0.3 is 11.6 Å². The van der Waals surface area contributed by atoms with Gasteiger partial charge in [0.05, 0.1) is 12.0 Å². The summed E-state index contributed by atoms with van der Waals surface area (Å²) in [5.41, 5.74) is -0.630. The molecule has 0 fully saturated rings. The van der Waals surface area contributed by atoms with Crippen LogP contribution in [0.3, 0.4) is 0 Å². The number of aliphatic carboxylic acids is 1. The Balaban J connectivity index is 2.49. The summed E-state index contributed by atoms with van der Waals surface area (Å²) in [6.07, 6.45) is 0. The summed E-state index contributed by atoms with van der Waals surface area (Å²) in [5, 5.41) is 18.7. The minimum Gasteiger partial charge on any atom is -0.504 e.